The molecule has 0 spiro atoms. The van der Waals surface area contributed by atoms with Gasteiger partial charge in [0.1, 0.15) is 0 Å². The first-order valence-corrected chi connectivity index (χ1v) is 18.3. The summed E-state index contributed by atoms with van der Waals surface area (Å²) in [7, 11) is -10.9. The number of nitrogens with two attached hydrogens (primary N) is 2. The van der Waals surface area contributed by atoms with E-state index in [2.05, 4.69) is 9.72 Å². The van der Waals surface area contributed by atoms with Crippen LogP contribution in [-0.4, -0.2) is 0 Å². The number of benzene rings is 4. The third-order valence-electron chi connectivity index (χ3n) is 6.07. The second kappa shape index (κ2) is 11.5. The second-order valence-corrected chi connectivity index (χ2v) is 17.3. The molecule has 5 rings (SSSR count). The zero-order valence-electron chi connectivity index (χ0n) is 22.9. The van der Waals surface area contributed by atoms with E-state index in [0.29, 0.717) is 23.0 Å². The van der Waals surface area contributed by atoms with Crippen LogP contribution in [0.4, 0.5) is 0 Å². The average Bonchev–Trinajstić information content (AvgIpc) is 2.89. The van der Waals surface area contributed by atoms with Gasteiger partial charge in [-0.15, -0.1) is 0 Å². The number of nitrogens with one attached hydrogen (secondary N) is 2. The van der Waals surface area contributed by atoms with Crippen molar-refractivity contribution in [3.8, 4) is 23.0 Å². The Morgan fingerprint density at radius 2 is 0.825 bits per heavy atom. The molecule has 1 aliphatic heterocycles. The van der Waals surface area contributed by atoms with Crippen molar-refractivity contribution in [2.75, 3.05) is 0 Å². The van der Waals surface area contributed by atoms with E-state index in [1.807, 2.05) is 125 Å². The van der Waals surface area contributed by atoms with Gasteiger partial charge in [-0.25, -0.2) is 0 Å². The zero-order valence-corrected chi connectivity index (χ0v) is 25.8. The molecular formula is C28H36N5O4P3. The minimum atomic E-state index is -3.88. The van der Waals surface area contributed by atoms with Crippen molar-refractivity contribution in [3.05, 3.63) is 119 Å². The van der Waals surface area contributed by atoms with Gasteiger partial charge in [-0.05, 0) is 0 Å². The SMILES string of the molecule is Cc1ccc(O[PH]2(Oc3ccc(C)cc3)N=P(N)(N)N[PH](Oc3ccc(C)cc3)(Oc3ccc(C)cc3)N2)cc1. The number of aryl methyl sites for hydroxylation is 4. The fraction of sp³-hybridized carbons (Fsp3) is 0.143. The monoisotopic (exact) mass is 599 g/mol. The van der Waals surface area contributed by atoms with E-state index in [-0.39, 0.29) is 0 Å². The summed E-state index contributed by atoms with van der Waals surface area (Å²) in [5.41, 5.74) is 17.7. The van der Waals surface area contributed by atoms with Crippen LogP contribution in [0.2, 0.25) is 0 Å². The molecule has 0 atom stereocenters. The predicted molar refractivity (Wildman–Crippen MR) is 168 cm³/mol. The predicted octanol–water partition coefficient (Wildman–Crippen LogP) is 7.41. The summed E-state index contributed by atoms with van der Waals surface area (Å²) >= 11 is 0. The Kier molecular flexibility index (Phi) is 8.19. The van der Waals surface area contributed by atoms with E-state index in [9.17, 15) is 0 Å². The van der Waals surface area contributed by atoms with Gasteiger partial charge in [0.25, 0.3) is 0 Å². The van der Waals surface area contributed by atoms with Gasteiger partial charge in [-0.3, -0.25) is 0 Å². The number of hydrogen-bond donors (Lipinski definition) is 4. The molecule has 40 heavy (non-hydrogen) atoms. The zero-order chi connectivity index (χ0) is 28.4. The average molecular weight is 600 g/mol. The van der Waals surface area contributed by atoms with Crippen LogP contribution in [0.1, 0.15) is 22.3 Å². The summed E-state index contributed by atoms with van der Waals surface area (Å²) in [5.74, 6) is 2.24. The molecule has 0 fully saturated rings. The van der Waals surface area contributed by atoms with Crippen molar-refractivity contribution >= 4 is 23.5 Å². The van der Waals surface area contributed by atoms with Gasteiger partial charge < -0.3 is 0 Å². The van der Waals surface area contributed by atoms with Crippen LogP contribution < -0.4 is 38.8 Å². The van der Waals surface area contributed by atoms with Gasteiger partial charge in [0, 0.05) is 0 Å². The van der Waals surface area contributed by atoms with Crippen LogP contribution in [-0.2, 0) is 0 Å². The van der Waals surface area contributed by atoms with Crippen molar-refractivity contribution in [1.82, 2.24) is 9.72 Å². The first-order chi connectivity index (χ1) is 19.0. The molecule has 12 heteroatoms. The van der Waals surface area contributed by atoms with E-state index in [4.69, 9.17) is 33.6 Å². The maximum atomic E-state index is 6.66. The Hall–Kier alpha value is -2.99. The summed E-state index contributed by atoms with van der Waals surface area (Å²) < 4.78 is 31.2. The molecule has 4 aromatic carbocycles. The Morgan fingerprint density at radius 1 is 0.525 bits per heavy atom. The van der Waals surface area contributed by atoms with E-state index in [1.165, 1.54) is 0 Å². The second-order valence-electron chi connectivity index (χ2n) is 9.93. The summed E-state index contributed by atoms with van der Waals surface area (Å²) in [4.78, 5) is 6.70. The maximum absolute atomic E-state index is 6.66. The van der Waals surface area contributed by atoms with E-state index in [0.717, 1.165) is 22.3 Å². The van der Waals surface area contributed by atoms with Gasteiger partial charge in [0.15, 0.2) is 0 Å². The molecule has 4 aromatic rings. The molecule has 9 nitrogen and oxygen atoms in total. The summed E-state index contributed by atoms with van der Waals surface area (Å²) in [6.07, 6.45) is 0. The third kappa shape index (κ3) is 7.20. The van der Waals surface area contributed by atoms with Gasteiger partial charge in [-0.2, -0.15) is 0 Å². The van der Waals surface area contributed by atoms with E-state index in [1.54, 1.807) is 0 Å². The standard InChI is InChI=1S/C28H36N5O4P3/c1-21-5-13-25(14-6-21)34-39(35-26-15-7-22(2)8-16-26)31-38(29,30)32-40(33-39,36-27-17-9-23(3)10-18-27)37-28-19-11-24(4)12-20-28/h5-20,31,33,39-40H,29-30H2,1-4H3. The first-order valence-electron chi connectivity index (χ1n) is 12.8. The molecule has 0 saturated carbocycles. The summed E-state index contributed by atoms with van der Waals surface area (Å²) in [5, 5.41) is 0. The number of hydrogen-bond acceptors (Lipinski definition) is 9. The molecular weight excluding hydrogens is 563 g/mol. The van der Waals surface area contributed by atoms with E-state index >= 15 is 0 Å². The Balaban J connectivity index is 1.63. The fourth-order valence-electron chi connectivity index (χ4n) is 4.05. The fourth-order valence-corrected chi connectivity index (χ4v) is 14.8. The molecule has 0 bridgehead atoms. The molecule has 6 N–H and O–H groups in total. The molecule has 1 aliphatic rings. The molecule has 0 unspecified atom stereocenters. The van der Waals surface area contributed by atoms with Crippen LogP contribution in [0.5, 0.6) is 23.0 Å². The normalized spacial score (nSPS) is 18.4. The van der Waals surface area contributed by atoms with Crippen LogP contribution in [0.15, 0.2) is 102 Å². The Bertz CT molecular complexity index is 1420. The van der Waals surface area contributed by atoms with Crippen molar-refractivity contribution in [2.24, 2.45) is 15.5 Å². The van der Waals surface area contributed by atoms with Crippen LogP contribution in [0.3, 0.4) is 0 Å². The minimum absolute atomic E-state index is 0.552. The van der Waals surface area contributed by atoms with Crippen LogP contribution >= 0.6 is 23.5 Å². The van der Waals surface area contributed by atoms with E-state index < -0.39 is 23.5 Å². The quantitative estimate of drug-likeness (QED) is 0.154. The van der Waals surface area contributed by atoms with Crippen molar-refractivity contribution in [2.45, 2.75) is 27.7 Å². The third-order valence-corrected chi connectivity index (χ3v) is 15.7. The van der Waals surface area contributed by atoms with Gasteiger partial charge in [0.05, 0.1) is 0 Å². The number of rotatable bonds is 8. The van der Waals surface area contributed by atoms with Crippen molar-refractivity contribution < 1.29 is 18.1 Å². The first kappa shape index (κ1) is 28.5. The summed E-state index contributed by atoms with van der Waals surface area (Å²) in [6, 6.07) is 30.6. The Morgan fingerprint density at radius 3 is 1.15 bits per heavy atom. The van der Waals surface area contributed by atoms with Gasteiger partial charge >= 0.3 is 237 Å². The van der Waals surface area contributed by atoms with Crippen LogP contribution in [0.25, 0.3) is 0 Å². The molecule has 0 radical (unpaired) electrons. The molecule has 0 saturated heterocycles. The molecule has 212 valence electrons. The molecule has 0 aliphatic carbocycles. The molecule has 1 heterocycles. The summed E-state index contributed by atoms with van der Waals surface area (Å²) in [6.45, 7) is 8.03. The number of nitrogens with zero attached hydrogens (tertiary/aromatic N) is 1. The van der Waals surface area contributed by atoms with Crippen molar-refractivity contribution in [3.63, 3.8) is 0 Å². The van der Waals surface area contributed by atoms with Gasteiger partial charge in [0.2, 0.25) is 0 Å². The van der Waals surface area contributed by atoms with Crippen molar-refractivity contribution in [1.29, 1.82) is 0 Å². The Labute approximate surface area is 236 Å². The van der Waals surface area contributed by atoms with Crippen LogP contribution in [0, 0.1) is 27.7 Å². The topological polar surface area (TPSA) is 125 Å². The van der Waals surface area contributed by atoms with Gasteiger partial charge in [-0.1, -0.05) is 0 Å². The molecule has 0 aromatic heterocycles. The molecule has 0 amide bonds.